The number of carbonyl (C=O) groups is 4. The van der Waals surface area contributed by atoms with Gasteiger partial charge in [0.2, 0.25) is 5.91 Å². The summed E-state index contributed by atoms with van der Waals surface area (Å²) in [7, 11) is 0. The van der Waals surface area contributed by atoms with Crippen LogP contribution in [0.5, 0.6) is 0 Å². The number of ketones is 1. The van der Waals surface area contributed by atoms with Crippen LogP contribution in [0.15, 0.2) is 54.6 Å². The molecule has 0 atom stereocenters. The SMILES string of the molecule is O=C(NCCC(=O)OCC(=O)c1ccc(N2CCCC2=O)cc1)Nc1ccccc1. The van der Waals surface area contributed by atoms with Crippen LogP contribution < -0.4 is 15.5 Å². The topological polar surface area (TPSA) is 105 Å². The molecule has 3 amide bonds. The normalized spacial score (nSPS) is 13.1. The van der Waals surface area contributed by atoms with Crippen molar-refractivity contribution in [3.05, 3.63) is 60.2 Å². The molecule has 1 saturated heterocycles. The highest BCUT2D eigenvalue weighted by atomic mass is 16.5. The Morgan fingerprint density at radius 2 is 1.73 bits per heavy atom. The number of hydrogen-bond acceptors (Lipinski definition) is 5. The number of urea groups is 1. The van der Waals surface area contributed by atoms with Crippen molar-refractivity contribution in [1.29, 1.82) is 0 Å². The van der Waals surface area contributed by atoms with E-state index >= 15 is 0 Å². The Morgan fingerprint density at radius 3 is 2.40 bits per heavy atom. The third kappa shape index (κ3) is 5.91. The number of anilines is 2. The first-order valence-corrected chi connectivity index (χ1v) is 9.72. The minimum Gasteiger partial charge on any atom is -0.457 e. The Hall–Kier alpha value is -3.68. The van der Waals surface area contributed by atoms with E-state index in [0.717, 1.165) is 12.1 Å². The van der Waals surface area contributed by atoms with Crippen LogP contribution in [0, 0.1) is 0 Å². The molecule has 1 aliphatic rings. The molecule has 0 aromatic heterocycles. The van der Waals surface area contributed by atoms with Gasteiger partial charge in [0, 0.05) is 36.4 Å². The van der Waals surface area contributed by atoms with Crippen molar-refractivity contribution in [2.45, 2.75) is 19.3 Å². The summed E-state index contributed by atoms with van der Waals surface area (Å²) < 4.78 is 4.98. The van der Waals surface area contributed by atoms with Gasteiger partial charge in [0.1, 0.15) is 0 Å². The van der Waals surface area contributed by atoms with Crippen molar-refractivity contribution >= 4 is 35.1 Å². The molecule has 1 aliphatic heterocycles. The molecule has 0 spiro atoms. The maximum atomic E-state index is 12.2. The van der Waals surface area contributed by atoms with Crippen molar-refractivity contribution in [2.24, 2.45) is 0 Å². The molecule has 1 fully saturated rings. The van der Waals surface area contributed by atoms with E-state index in [4.69, 9.17) is 4.74 Å². The lowest BCUT2D eigenvalue weighted by Crippen LogP contribution is -2.31. The zero-order valence-electron chi connectivity index (χ0n) is 16.4. The Kier molecular flexibility index (Phi) is 7.15. The van der Waals surface area contributed by atoms with Gasteiger partial charge in [0.25, 0.3) is 0 Å². The molecule has 1 heterocycles. The van der Waals surface area contributed by atoms with Gasteiger partial charge in [-0.1, -0.05) is 18.2 Å². The van der Waals surface area contributed by atoms with Gasteiger partial charge in [-0.25, -0.2) is 4.79 Å². The summed E-state index contributed by atoms with van der Waals surface area (Å²) in [6.07, 6.45) is 1.32. The van der Waals surface area contributed by atoms with Crippen molar-refractivity contribution in [3.8, 4) is 0 Å². The predicted molar refractivity (Wildman–Crippen MR) is 111 cm³/mol. The van der Waals surface area contributed by atoms with E-state index in [2.05, 4.69) is 10.6 Å². The average Bonchev–Trinajstić information content (AvgIpc) is 3.18. The molecule has 0 aliphatic carbocycles. The van der Waals surface area contributed by atoms with Gasteiger partial charge in [0.05, 0.1) is 6.42 Å². The molecule has 8 nitrogen and oxygen atoms in total. The molecule has 0 saturated carbocycles. The zero-order valence-corrected chi connectivity index (χ0v) is 16.4. The first-order chi connectivity index (χ1) is 14.5. The van der Waals surface area contributed by atoms with Gasteiger partial charge < -0.3 is 20.3 Å². The van der Waals surface area contributed by atoms with Crippen molar-refractivity contribution in [3.63, 3.8) is 0 Å². The maximum Gasteiger partial charge on any atom is 0.319 e. The zero-order chi connectivity index (χ0) is 21.3. The second-order valence-corrected chi connectivity index (χ2v) is 6.78. The minimum absolute atomic E-state index is 0.0501. The van der Waals surface area contributed by atoms with Crippen LogP contribution in [0.4, 0.5) is 16.2 Å². The van der Waals surface area contributed by atoms with Gasteiger partial charge in [-0.15, -0.1) is 0 Å². The number of carbonyl (C=O) groups excluding carboxylic acids is 4. The molecule has 30 heavy (non-hydrogen) atoms. The lowest BCUT2D eigenvalue weighted by atomic mass is 10.1. The van der Waals surface area contributed by atoms with E-state index in [1.165, 1.54) is 0 Å². The number of nitrogens with one attached hydrogen (secondary N) is 2. The summed E-state index contributed by atoms with van der Waals surface area (Å²) in [5.41, 5.74) is 1.80. The van der Waals surface area contributed by atoms with Crippen LogP contribution >= 0.6 is 0 Å². The van der Waals surface area contributed by atoms with E-state index in [9.17, 15) is 19.2 Å². The fourth-order valence-electron chi connectivity index (χ4n) is 3.02. The molecular weight excluding hydrogens is 386 g/mol. The highest BCUT2D eigenvalue weighted by Crippen LogP contribution is 2.21. The fourth-order valence-corrected chi connectivity index (χ4v) is 3.02. The third-order valence-electron chi connectivity index (χ3n) is 4.58. The molecular formula is C22H23N3O5. The lowest BCUT2D eigenvalue weighted by molar-refractivity contribution is -0.142. The average molecular weight is 409 g/mol. The summed E-state index contributed by atoms with van der Waals surface area (Å²) in [6, 6.07) is 15.2. The molecule has 2 aromatic carbocycles. The van der Waals surface area contributed by atoms with Crippen LogP contribution in [0.25, 0.3) is 0 Å². The third-order valence-corrected chi connectivity index (χ3v) is 4.58. The molecule has 3 rings (SSSR count). The van der Waals surface area contributed by atoms with E-state index < -0.39 is 12.0 Å². The number of amides is 3. The molecule has 0 radical (unpaired) electrons. The first kappa shape index (κ1) is 21.0. The van der Waals surface area contributed by atoms with Crippen LogP contribution in [-0.2, 0) is 14.3 Å². The molecule has 0 bridgehead atoms. The lowest BCUT2D eigenvalue weighted by Gasteiger charge is -2.15. The van der Waals surface area contributed by atoms with Crippen LogP contribution in [-0.4, -0.2) is 43.4 Å². The minimum atomic E-state index is -0.581. The number of para-hydroxylation sites is 1. The number of rotatable bonds is 8. The Balaban J connectivity index is 1.36. The first-order valence-electron chi connectivity index (χ1n) is 9.72. The number of nitrogens with zero attached hydrogens (tertiary/aromatic N) is 1. The highest BCUT2D eigenvalue weighted by molar-refractivity contribution is 5.99. The number of esters is 1. The van der Waals surface area contributed by atoms with Gasteiger partial charge in [-0.05, 0) is 42.8 Å². The second kappa shape index (κ2) is 10.2. The number of benzene rings is 2. The van der Waals surface area contributed by atoms with Crippen LogP contribution in [0.1, 0.15) is 29.6 Å². The second-order valence-electron chi connectivity index (χ2n) is 6.78. The number of hydrogen-bond donors (Lipinski definition) is 2. The summed E-state index contributed by atoms with van der Waals surface area (Å²) in [6.45, 7) is 0.391. The van der Waals surface area contributed by atoms with E-state index in [0.29, 0.717) is 24.2 Å². The fraction of sp³-hybridized carbons (Fsp3) is 0.273. The molecule has 2 aromatic rings. The van der Waals surface area contributed by atoms with E-state index in [1.54, 1.807) is 53.4 Å². The van der Waals surface area contributed by atoms with Gasteiger partial charge in [0.15, 0.2) is 12.4 Å². The predicted octanol–water partition coefficient (Wildman–Crippen LogP) is 2.75. The number of Topliss-reactive ketones (excluding diaryl/α,β-unsaturated/α-hetero) is 1. The van der Waals surface area contributed by atoms with Crippen molar-refractivity contribution in [2.75, 3.05) is 29.9 Å². The van der Waals surface area contributed by atoms with Crippen molar-refractivity contribution in [1.82, 2.24) is 5.32 Å². The monoisotopic (exact) mass is 409 g/mol. The quantitative estimate of drug-likeness (QED) is 0.515. The standard InChI is InChI=1S/C22H23N3O5/c26-19(16-8-10-18(11-9-16)25-14-4-7-20(25)27)15-30-21(28)12-13-23-22(29)24-17-5-2-1-3-6-17/h1-3,5-6,8-11H,4,7,12-15H2,(H2,23,24,29). The molecule has 8 heteroatoms. The van der Waals surface area contributed by atoms with Crippen LogP contribution in [0.2, 0.25) is 0 Å². The Labute approximate surface area is 174 Å². The molecule has 0 unspecified atom stereocenters. The summed E-state index contributed by atoms with van der Waals surface area (Å²) >= 11 is 0. The van der Waals surface area contributed by atoms with Crippen LogP contribution in [0.3, 0.4) is 0 Å². The highest BCUT2D eigenvalue weighted by Gasteiger charge is 2.21. The Bertz CT molecular complexity index is 912. The summed E-state index contributed by atoms with van der Waals surface area (Å²) in [5.74, 6) is -0.839. The summed E-state index contributed by atoms with van der Waals surface area (Å²) in [5, 5.41) is 5.18. The number of ether oxygens (including phenoxy) is 1. The Morgan fingerprint density at radius 1 is 1.00 bits per heavy atom. The van der Waals surface area contributed by atoms with E-state index in [-0.39, 0.29) is 31.3 Å². The van der Waals surface area contributed by atoms with Crippen molar-refractivity contribution < 1.29 is 23.9 Å². The maximum absolute atomic E-state index is 12.2. The largest absolute Gasteiger partial charge is 0.457 e. The van der Waals surface area contributed by atoms with Gasteiger partial charge in [-0.3, -0.25) is 14.4 Å². The summed E-state index contributed by atoms with van der Waals surface area (Å²) in [4.78, 5) is 49.2. The van der Waals surface area contributed by atoms with Gasteiger partial charge >= 0.3 is 12.0 Å². The molecule has 156 valence electrons. The molecule has 2 N–H and O–H groups in total. The van der Waals surface area contributed by atoms with Gasteiger partial charge in [-0.2, -0.15) is 0 Å². The smallest absolute Gasteiger partial charge is 0.319 e. The van der Waals surface area contributed by atoms with E-state index in [1.807, 2.05) is 6.07 Å².